The number of rotatable bonds is 6. The topological polar surface area (TPSA) is 62.6 Å². The van der Waals surface area contributed by atoms with E-state index >= 15 is 0 Å². The van der Waals surface area contributed by atoms with Gasteiger partial charge in [-0.05, 0) is 47.5 Å². The zero-order chi connectivity index (χ0) is 21.2. The molecule has 0 bridgehead atoms. The molecule has 0 saturated heterocycles. The van der Waals surface area contributed by atoms with Crippen LogP contribution < -0.4 is 19.8 Å². The second-order valence-corrected chi connectivity index (χ2v) is 8.07. The largest absolute Gasteiger partial charge is 0.497 e. The summed E-state index contributed by atoms with van der Waals surface area (Å²) in [5, 5.41) is 1.28. The van der Waals surface area contributed by atoms with Crippen LogP contribution in [0.15, 0.2) is 76.7 Å². The van der Waals surface area contributed by atoms with Crippen molar-refractivity contribution in [2.45, 2.75) is 17.5 Å². The molecule has 31 heavy (non-hydrogen) atoms. The van der Waals surface area contributed by atoms with Crippen molar-refractivity contribution in [1.29, 1.82) is 0 Å². The van der Waals surface area contributed by atoms with Crippen molar-refractivity contribution in [1.82, 2.24) is 9.55 Å². The lowest BCUT2D eigenvalue weighted by atomic mass is 10.2. The standard InChI is InChI=1S/C24H20N2O4S/c1-28-18-6-4-5-17(11-18)14-31-24-25-20-8-3-2-7-19(20)23(27)26(24)13-16-9-10-21-22(12-16)30-15-29-21/h2-12H,13-15H2,1H3. The highest BCUT2D eigenvalue weighted by atomic mass is 32.2. The summed E-state index contributed by atoms with van der Waals surface area (Å²) in [4.78, 5) is 18.1. The molecule has 0 fully saturated rings. The molecule has 7 heteroatoms. The number of para-hydroxylation sites is 1. The van der Waals surface area contributed by atoms with Gasteiger partial charge in [0.15, 0.2) is 16.7 Å². The first-order valence-electron chi connectivity index (χ1n) is 9.85. The molecular formula is C24H20N2O4S. The number of hydrogen-bond acceptors (Lipinski definition) is 6. The van der Waals surface area contributed by atoms with Crippen molar-refractivity contribution in [3.63, 3.8) is 0 Å². The summed E-state index contributed by atoms with van der Waals surface area (Å²) >= 11 is 1.53. The van der Waals surface area contributed by atoms with Gasteiger partial charge in [0.2, 0.25) is 6.79 Å². The van der Waals surface area contributed by atoms with E-state index in [1.165, 1.54) is 11.8 Å². The zero-order valence-corrected chi connectivity index (χ0v) is 17.7. The van der Waals surface area contributed by atoms with E-state index in [2.05, 4.69) is 0 Å². The molecule has 1 aliphatic heterocycles. The Hall–Kier alpha value is -3.45. The number of benzene rings is 3. The van der Waals surface area contributed by atoms with Crippen molar-refractivity contribution < 1.29 is 14.2 Å². The third-order valence-electron chi connectivity index (χ3n) is 5.11. The van der Waals surface area contributed by atoms with E-state index in [9.17, 15) is 4.79 Å². The van der Waals surface area contributed by atoms with Crippen LogP contribution in [0.2, 0.25) is 0 Å². The van der Waals surface area contributed by atoms with Gasteiger partial charge in [-0.2, -0.15) is 0 Å². The molecule has 0 saturated carbocycles. The minimum atomic E-state index is -0.0589. The fourth-order valence-electron chi connectivity index (χ4n) is 3.53. The van der Waals surface area contributed by atoms with Crippen LogP contribution in [-0.4, -0.2) is 23.5 Å². The molecule has 156 valence electrons. The van der Waals surface area contributed by atoms with E-state index in [4.69, 9.17) is 19.2 Å². The van der Waals surface area contributed by atoms with Crippen molar-refractivity contribution in [3.05, 3.63) is 88.2 Å². The van der Waals surface area contributed by atoms with Crippen molar-refractivity contribution in [3.8, 4) is 17.2 Å². The summed E-state index contributed by atoms with van der Waals surface area (Å²) in [6, 6.07) is 21.1. The second kappa shape index (κ2) is 8.35. The van der Waals surface area contributed by atoms with Gasteiger partial charge in [0.05, 0.1) is 24.6 Å². The molecule has 0 radical (unpaired) electrons. The molecule has 0 amide bonds. The fourth-order valence-corrected chi connectivity index (χ4v) is 4.47. The van der Waals surface area contributed by atoms with Gasteiger partial charge >= 0.3 is 0 Å². The van der Waals surface area contributed by atoms with E-state index in [-0.39, 0.29) is 12.4 Å². The lowest BCUT2D eigenvalue weighted by Crippen LogP contribution is -2.24. The Morgan fingerprint density at radius 2 is 1.87 bits per heavy atom. The minimum absolute atomic E-state index is 0.0589. The van der Waals surface area contributed by atoms with Gasteiger partial charge in [-0.25, -0.2) is 4.98 Å². The molecule has 0 atom stereocenters. The SMILES string of the molecule is COc1cccc(CSc2nc3ccccc3c(=O)n2Cc2ccc3c(c2)OCO3)c1. The third-order valence-corrected chi connectivity index (χ3v) is 6.15. The van der Waals surface area contributed by atoms with Crippen molar-refractivity contribution in [2.75, 3.05) is 13.9 Å². The first-order chi connectivity index (χ1) is 15.2. The second-order valence-electron chi connectivity index (χ2n) is 7.13. The van der Waals surface area contributed by atoms with E-state index in [1.54, 1.807) is 11.7 Å². The number of thioether (sulfide) groups is 1. The highest BCUT2D eigenvalue weighted by Crippen LogP contribution is 2.33. The van der Waals surface area contributed by atoms with Gasteiger partial charge < -0.3 is 14.2 Å². The summed E-state index contributed by atoms with van der Waals surface area (Å²) in [5.74, 6) is 2.90. The number of aromatic nitrogens is 2. The van der Waals surface area contributed by atoms with Crippen molar-refractivity contribution in [2.24, 2.45) is 0 Å². The number of hydrogen-bond donors (Lipinski definition) is 0. The maximum absolute atomic E-state index is 13.3. The predicted molar refractivity (Wildman–Crippen MR) is 120 cm³/mol. The van der Waals surface area contributed by atoms with E-state index in [0.717, 1.165) is 22.6 Å². The average Bonchev–Trinajstić information content (AvgIpc) is 3.28. The van der Waals surface area contributed by atoms with Gasteiger partial charge in [0.25, 0.3) is 5.56 Å². The molecule has 5 rings (SSSR count). The van der Waals surface area contributed by atoms with E-state index in [1.807, 2.05) is 66.7 Å². The van der Waals surface area contributed by atoms with Crippen molar-refractivity contribution >= 4 is 22.7 Å². The number of nitrogens with zero attached hydrogens (tertiary/aromatic N) is 2. The van der Waals surface area contributed by atoms with E-state index in [0.29, 0.717) is 34.1 Å². The van der Waals surface area contributed by atoms with Crippen LogP contribution in [0.1, 0.15) is 11.1 Å². The Bertz CT molecular complexity index is 1320. The highest BCUT2D eigenvalue weighted by molar-refractivity contribution is 7.98. The quantitative estimate of drug-likeness (QED) is 0.331. The highest BCUT2D eigenvalue weighted by Gasteiger charge is 2.16. The minimum Gasteiger partial charge on any atom is -0.497 e. The molecule has 0 N–H and O–H groups in total. The predicted octanol–water partition coefficient (Wildman–Crippen LogP) is 4.47. The van der Waals surface area contributed by atoms with Gasteiger partial charge in [0, 0.05) is 5.75 Å². The molecule has 1 aliphatic rings. The average molecular weight is 433 g/mol. The third kappa shape index (κ3) is 3.96. The van der Waals surface area contributed by atoms with Gasteiger partial charge in [0.1, 0.15) is 5.75 Å². The van der Waals surface area contributed by atoms with Crippen LogP contribution >= 0.6 is 11.8 Å². The van der Waals surface area contributed by atoms with Crippen LogP contribution in [0.4, 0.5) is 0 Å². The van der Waals surface area contributed by atoms with E-state index < -0.39 is 0 Å². The van der Waals surface area contributed by atoms with Gasteiger partial charge in [-0.3, -0.25) is 9.36 Å². The smallest absolute Gasteiger partial charge is 0.262 e. The Morgan fingerprint density at radius 1 is 1.00 bits per heavy atom. The summed E-state index contributed by atoms with van der Waals surface area (Å²) in [6.07, 6.45) is 0. The summed E-state index contributed by atoms with van der Waals surface area (Å²) < 4.78 is 17.9. The fraction of sp³-hybridized carbons (Fsp3) is 0.167. The molecule has 4 aromatic rings. The lowest BCUT2D eigenvalue weighted by molar-refractivity contribution is 0.174. The Morgan fingerprint density at radius 3 is 2.77 bits per heavy atom. The Labute approximate surface area is 183 Å². The number of methoxy groups -OCH3 is 1. The normalized spacial score (nSPS) is 12.3. The van der Waals surface area contributed by atoms with Crippen LogP contribution in [-0.2, 0) is 12.3 Å². The molecule has 3 aromatic carbocycles. The summed E-state index contributed by atoms with van der Waals surface area (Å²) in [7, 11) is 1.65. The molecule has 0 aliphatic carbocycles. The summed E-state index contributed by atoms with van der Waals surface area (Å²) in [6.45, 7) is 0.617. The first-order valence-corrected chi connectivity index (χ1v) is 10.8. The molecule has 0 unspecified atom stereocenters. The Balaban J connectivity index is 1.52. The maximum Gasteiger partial charge on any atom is 0.262 e. The monoisotopic (exact) mass is 432 g/mol. The van der Waals surface area contributed by atoms with Gasteiger partial charge in [-0.15, -0.1) is 0 Å². The first kappa shape index (κ1) is 19.5. The number of fused-ring (bicyclic) bond motifs is 2. The summed E-state index contributed by atoms with van der Waals surface area (Å²) in [5.41, 5.74) is 2.69. The van der Waals surface area contributed by atoms with Crippen LogP contribution in [0.3, 0.4) is 0 Å². The van der Waals surface area contributed by atoms with Crippen LogP contribution in [0, 0.1) is 0 Å². The van der Waals surface area contributed by atoms with Gasteiger partial charge in [-0.1, -0.05) is 42.1 Å². The zero-order valence-electron chi connectivity index (χ0n) is 16.9. The number of ether oxygens (including phenoxy) is 3. The maximum atomic E-state index is 13.3. The lowest BCUT2D eigenvalue weighted by Gasteiger charge is -2.14. The molecule has 1 aromatic heterocycles. The van der Waals surface area contributed by atoms with Crippen LogP contribution in [0.25, 0.3) is 10.9 Å². The Kier molecular flexibility index (Phi) is 5.26. The molecule has 2 heterocycles. The van der Waals surface area contributed by atoms with Crippen LogP contribution in [0.5, 0.6) is 17.2 Å². The molecular weight excluding hydrogens is 412 g/mol. The molecule has 0 spiro atoms. The molecule has 6 nitrogen and oxygen atoms in total.